The van der Waals surface area contributed by atoms with Gasteiger partial charge < -0.3 is 15.7 Å². The molecule has 2 aliphatic rings. The molecule has 0 unspecified atom stereocenters. The highest BCUT2D eigenvalue weighted by Gasteiger charge is 2.34. The Labute approximate surface area is 113 Å². The summed E-state index contributed by atoms with van der Waals surface area (Å²) in [4.78, 5) is 12.3. The highest BCUT2D eigenvalue weighted by Crippen LogP contribution is 2.30. The van der Waals surface area contributed by atoms with E-state index in [0.29, 0.717) is 5.56 Å². The van der Waals surface area contributed by atoms with E-state index in [1.165, 1.54) is 5.56 Å². The molecular formula is C15H20N2O2. The van der Waals surface area contributed by atoms with Crippen LogP contribution in [0.2, 0.25) is 0 Å². The van der Waals surface area contributed by atoms with Gasteiger partial charge in [-0.05, 0) is 43.0 Å². The number of hydrogen-bond donors (Lipinski definition) is 3. The van der Waals surface area contributed by atoms with Gasteiger partial charge in [0.15, 0.2) is 0 Å². The maximum atomic E-state index is 12.3. The van der Waals surface area contributed by atoms with Gasteiger partial charge in [-0.2, -0.15) is 0 Å². The lowest BCUT2D eigenvalue weighted by Gasteiger charge is -2.28. The smallest absolute Gasteiger partial charge is 0.251 e. The van der Waals surface area contributed by atoms with Crippen molar-refractivity contribution in [2.24, 2.45) is 0 Å². The van der Waals surface area contributed by atoms with Crippen molar-refractivity contribution < 1.29 is 9.90 Å². The van der Waals surface area contributed by atoms with Gasteiger partial charge in [-0.1, -0.05) is 12.8 Å². The van der Waals surface area contributed by atoms with Gasteiger partial charge in [0.25, 0.3) is 5.91 Å². The van der Waals surface area contributed by atoms with Gasteiger partial charge in [0.2, 0.25) is 0 Å². The second kappa shape index (κ2) is 4.85. The molecule has 1 amide bonds. The third-order valence-electron chi connectivity index (χ3n) is 4.32. The van der Waals surface area contributed by atoms with Crippen LogP contribution in [0.15, 0.2) is 18.2 Å². The van der Waals surface area contributed by atoms with Crippen molar-refractivity contribution in [3.63, 3.8) is 0 Å². The quantitative estimate of drug-likeness (QED) is 0.775. The standard InChI is InChI=1S/C15H20N2O2/c18-10-15(6-1-2-7-15)17-14(19)12-3-4-13-11(9-12)5-8-16-13/h3-4,9,16,18H,1-2,5-8,10H2,(H,17,19). The fourth-order valence-electron chi connectivity index (χ4n) is 3.13. The van der Waals surface area contributed by atoms with Crippen LogP contribution in [0.3, 0.4) is 0 Å². The summed E-state index contributed by atoms with van der Waals surface area (Å²) in [6.07, 6.45) is 4.88. The molecule has 3 rings (SSSR count). The molecule has 1 aliphatic carbocycles. The number of carbonyl (C=O) groups is 1. The molecule has 1 aromatic carbocycles. The first kappa shape index (κ1) is 12.5. The summed E-state index contributed by atoms with van der Waals surface area (Å²) >= 11 is 0. The van der Waals surface area contributed by atoms with Gasteiger partial charge in [0.1, 0.15) is 0 Å². The molecule has 1 heterocycles. The number of nitrogens with one attached hydrogen (secondary N) is 2. The van der Waals surface area contributed by atoms with E-state index in [9.17, 15) is 9.90 Å². The van der Waals surface area contributed by atoms with Crippen molar-refractivity contribution in [1.82, 2.24) is 5.32 Å². The van der Waals surface area contributed by atoms with E-state index in [1.807, 2.05) is 18.2 Å². The Kier molecular flexibility index (Phi) is 3.19. The highest BCUT2D eigenvalue weighted by molar-refractivity contribution is 5.95. The number of amides is 1. The molecule has 0 aromatic heterocycles. The zero-order chi connectivity index (χ0) is 13.3. The summed E-state index contributed by atoms with van der Waals surface area (Å²) < 4.78 is 0. The highest BCUT2D eigenvalue weighted by atomic mass is 16.3. The molecule has 1 saturated carbocycles. The summed E-state index contributed by atoms with van der Waals surface area (Å²) in [5, 5.41) is 15.9. The molecule has 1 aliphatic heterocycles. The van der Waals surface area contributed by atoms with Crippen LogP contribution in [-0.2, 0) is 6.42 Å². The van der Waals surface area contributed by atoms with Crippen LogP contribution in [0.5, 0.6) is 0 Å². The first-order valence-corrected chi connectivity index (χ1v) is 7.03. The maximum absolute atomic E-state index is 12.3. The van der Waals surface area contributed by atoms with Crippen molar-refractivity contribution in [2.75, 3.05) is 18.5 Å². The third kappa shape index (κ3) is 2.32. The Hall–Kier alpha value is -1.55. The molecule has 19 heavy (non-hydrogen) atoms. The lowest BCUT2D eigenvalue weighted by molar-refractivity contribution is 0.0838. The number of hydrogen-bond acceptors (Lipinski definition) is 3. The molecule has 3 N–H and O–H groups in total. The van der Waals surface area contributed by atoms with Crippen molar-refractivity contribution in [1.29, 1.82) is 0 Å². The van der Waals surface area contributed by atoms with Crippen molar-refractivity contribution >= 4 is 11.6 Å². The summed E-state index contributed by atoms with van der Waals surface area (Å²) in [6, 6.07) is 5.79. The molecule has 0 bridgehead atoms. The summed E-state index contributed by atoms with van der Waals surface area (Å²) in [7, 11) is 0. The van der Waals surface area contributed by atoms with Crippen LogP contribution in [0.1, 0.15) is 41.6 Å². The molecule has 0 saturated heterocycles. The van der Waals surface area contributed by atoms with E-state index < -0.39 is 5.54 Å². The molecule has 1 aromatic rings. The van der Waals surface area contributed by atoms with E-state index in [-0.39, 0.29) is 12.5 Å². The van der Waals surface area contributed by atoms with Crippen molar-refractivity contribution in [2.45, 2.75) is 37.6 Å². The Morgan fingerprint density at radius 3 is 2.89 bits per heavy atom. The van der Waals surface area contributed by atoms with Crippen LogP contribution in [-0.4, -0.2) is 29.7 Å². The molecular weight excluding hydrogens is 240 g/mol. The number of aliphatic hydroxyl groups excluding tert-OH is 1. The minimum absolute atomic E-state index is 0.0330. The molecule has 0 radical (unpaired) electrons. The largest absolute Gasteiger partial charge is 0.394 e. The Morgan fingerprint density at radius 1 is 1.37 bits per heavy atom. The topological polar surface area (TPSA) is 61.4 Å². The summed E-state index contributed by atoms with van der Waals surface area (Å²) in [6.45, 7) is 0.978. The first-order valence-electron chi connectivity index (χ1n) is 7.03. The number of anilines is 1. The van der Waals surface area contributed by atoms with Crippen LogP contribution in [0.4, 0.5) is 5.69 Å². The fourth-order valence-corrected chi connectivity index (χ4v) is 3.13. The Bertz CT molecular complexity index is 493. The monoisotopic (exact) mass is 260 g/mol. The van der Waals surface area contributed by atoms with E-state index in [2.05, 4.69) is 10.6 Å². The lowest BCUT2D eigenvalue weighted by atomic mass is 9.98. The number of carbonyl (C=O) groups excluding carboxylic acids is 1. The fraction of sp³-hybridized carbons (Fsp3) is 0.533. The third-order valence-corrected chi connectivity index (χ3v) is 4.32. The maximum Gasteiger partial charge on any atom is 0.251 e. The average Bonchev–Trinajstić information content (AvgIpc) is 3.06. The van der Waals surface area contributed by atoms with Crippen LogP contribution in [0, 0.1) is 0 Å². The number of benzene rings is 1. The van der Waals surface area contributed by atoms with Crippen LogP contribution in [0.25, 0.3) is 0 Å². The zero-order valence-corrected chi connectivity index (χ0v) is 11.0. The average molecular weight is 260 g/mol. The molecule has 1 fully saturated rings. The second-order valence-electron chi connectivity index (χ2n) is 5.65. The van der Waals surface area contributed by atoms with E-state index in [4.69, 9.17) is 0 Å². The zero-order valence-electron chi connectivity index (χ0n) is 11.0. The molecule has 0 atom stereocenters. The summed E-state index contributed by atoms with van der Waals surface area (Å²) in [5.74, 6) is -0.0642. The van der Waals surface area contributed by atoms with Gasteiger partial charge >= 0.3 is 0 Å². The number of aliphatic hydroxyl groups is 1. The normalized spacial score (nSPS) is 19.8. The molecule has 4 heteroatoms. The first-order chi connectivity index (χ1) is 9.22. The number of rotatable bonds is 3. The molecule has 0 spiro atoms. The van der Waals surface area contributed by atoms with Crippen molar-refractivity contribution in [3.05, 3.63) is 29.3 Å². The van der Waals surface area contributed by atoms with Gasteiger partial charge in [-0.3, -0.25) is 4.79 Å². The SMILES string of the molecule is O=C(NC1(CO)CCCC1)c1ccc2c(c1)CCN2. The van der Waals surface area contributed by atoms with Gasteiger partial charge in [-0.25, -0.2) is 0 Å². The second-order valence-corrected chi connectivity index (χ2v) is 5.65. The summed E-state index contributed by atoms with van der Waals surface area (Å²) in [5.41, 5.74) is 2.64. The Balaban J connectivity index is 1.77. The minimum atomic E-state index is -0.394. The van der Waals surface area contributed by atoms with E-state index in [0.717, 1.165) is 44.3 Å². The predicted molar refractivity (Wildman–Crippen MR) is 74.4 cm³/mol. The molecule has 102 valence electrons. The predicted octanol–water partition coefficient (Wildman–Crippen LogP) is 1.69. The van der Waals surface area contributed by atoms with E-state index in [1.54, 1.807) is 0 Å². The molecule has 4 nitrogen and oxygen atoms in total. The number of fused-ring (bicyclic) bond motifs is 1. The van der Waals surface area contributed by atoms with Gasteiger partial charge in [0, 0.05) is 17.8 Å². The minimum Gasteiger partial charge on any atom is -0.394 e. The van der Waals surface area contributed by atoms with Crippen LogP contribution < -0.4 is 10.6 Å². The van der Waals surface area contributed by atoms with Crippen LogP contribution >= 0.6 is 0 Å². The van der Waals surface area contributed by atoms with Gasteiger partial charge in [0.05, 0.1) is 12.1 Å². The van der Waals surface area contributed by atoms with E-state index >= 15 is 0 Å². The Morgan fingerprint density at radius 2 is 2.16 bits per heavy atom. The lowest BCUT2D eigenvalue weighted by Crippen LogP contribution is -2.49. The van der Waals surface area contributed by atoms with Gasteiger partial charge in [-0.15, -0.1) is 0 Å². The van der Waals surface area contributed by atoms with Crippen molar-refractivity contribution in [3.8, 4) is 0 Å².